The van der Waals surface area contributed by atoms with Gasteiger partial charge in [-0.25, -0.2) is 17.8 Å². The molecule has 3 aromatic rings. The summed E-state index contributed by atoms with van der Waals surface area (Å²) >= 11 is 6.09. The summed E-state index contributed by atoms with van der Waals surface area (Å²) in [6, 6.07) is 7.91. The van der Waals surface area contributed by atoms with Crippen LogP contribution in [0.3, 0.4) is 0 Å². The fourth-order valence-corrected chi connectivity index (χ4v) is 5.28. The van der Waals surface area contributed by atoms with E-state index in [1.807, 2.05) is 4.57 Å². The van der Waals surface area contributed by atoms with E-state index in [2.05, 4.69) is 10.3 Å². The lowest BCUT2D eigenvalue weighted by Gasteiger charge is -2.24. The van der Waals surface area contributed by atoms with Gasteiger partial charge in [-0.15, -0.1) is 0 Å². The molecule has 1 aliphatic rings. The first-order valence-corrected chi connectivity index (χ1v) is 12.0. The van der Waals surface area contributed by atoms with Gasteiger partial charge in [-0.05, 0) is 43.1 Å². The van der Waals surface area contributed by atoms with Crippen LogP contribution in [-0.4, -0.2) is 36.3 Å². The molecule has 8 heteroatoms. The highest BCUT2D eigenvalue weighted by molar-refractivity contribution is 7.91. The summed E-state index contributed by atoms with van der Waals surface area (Å²) in [6.45, 7) is 1.66. The van der Waals surface area contributed by atoms with Crippen molar-refractivity contribution in [3.63, 3.8) is 0 Å². The Morgan fingerprint density at radius 3 is 2.80 bits per heavy atom. The SMILES string of the molecule is O=S(=O)(CC=Cc1ccc(F)cc1)c1cn(CC2CCCCN2)c2cc(Cl)ncc12. The van der Waals surface area contributed by atoms with Crippen LogP contribution >= 0.6 is 11.6 Å². The Morgan fingerprint density at radius 2 is 2.07 bits per heavy atom. The van der Waals surface area contributed by atoms with Gasteiger partial charge in [-0.3, -0.25) is 0 Å². The van der Waals surface area contributed by atoms with E-state index in [-0.39, 0.29) is 16.5 Å². The van der Waals surface area contributed by atoms with Crippen molar-refractivity contribution < 1.29 is 12.8 Å². The van der Waals surface area contributed by atoms with Crippen LogP contribution in [0.25, 0.3) is 17.0 Å². The van der Waals surface area contributed by atoms with Gasteiger partial charge in [-0.2, -0.15) is 0 Å². The van der Waals surface area contributed by atoms with Crippen LogP contribution in [0.1, 0.15) is 24.8 Å². The molecule has 0 spiro atoms. The van der Waals surface area contributed by atoms with Gasteiger partial charge in [0.15, 0.2) is 9.84 Å². The molecule has 0 bridgehead atoms. The van der Waals surface area contributed by atoms with Crippen LogP contribution in [0.15, 0.2) is 53.7 Å². The fraction of sp³-hybridized carbons (Fsp3) is 0.318. The molecule has 0 aliphatic carbocycles. The molecule has 0 amide bonds. The van der Waals surface area contributed by atoms with E-state index in [0.29, 0.717) is 23.1 Å². The molecule has 158 valence electrons. The van der Waals surface area contributed by atoms with E-state index in [4.69, 9.17) is 11.6 Å². The Hall–Kier alpha value is -2.22. The number of hydrogen-bond donors (Lipinski definition) is 1. The topological polar surface area (TPSA) is 64.0 Å². The number of piperidine rings is 1. The molecule has 1 N–H and O–H groups in total. The summed E-state index contributed by atoms with van der Waals surface area (Å²) < 4.78 is 41.1. The zero-order chi connectivity index (χ0) is 21.1. The van der Waals surface area contributed by atoms with E-state index >= 15 is 0 Å². The molecule has 2 aromatic heterocycles. The molecule has 1 aliphatic heterocycles. The third-order valence-corrected chi connectivity index (χ3v) is 7.19. The maximum Gasteiger partial charge on any atom is 0.184 e. The number of nitrogens with one attached hydrogen (secondary N) is 1. The van der Waals surface area contributed by atoms with Gasteiger partial charge in [0, 0.05) is 30.4 Å². The first kappa shape index (κ1) is 21.0. The van der Waals surface area contributed by atoms with Crippen LogP contribution in [0, 0.1) is 5.82 Å². The summed E-state index contributed by atoms with van der Waals surface area (Å²) in [5, 5.41) is 4.40. The summed E-state index contributed by atoms with van der Waals surface area (Å²) in [7, 11) is -3.58. The maximum absolute atomic E-state index is 13.1. The number of hydrogen-bond acceptors (Lipinski definition) is 4. The maximum atomic E-state index is 13.1. The smallest absolute Gasteiger partial charge is 0.184 e. The molecule has 1 atom stereocenters. The van der Waals surface area contributed by atoms with Gasteiger partial charge in [0.05, 0.1) is 16.2 Å². The molecule has 1 unspecified atom stereocenters. The van der Waals surface area contributed by atoms with Crippen molar-refractivity contribution in [1.29, 1.82) is 0 Å². The number of nitrogens with zero attached hydrogens (tertiary/aromatic N) is 2. The number of pyridine rings is 1. The summed E-state index contributed by atoms with van der Waals surface area (Å²) in [6.07, 6.45) is 9.87. The zero-order valence-corrected chi connectivity index (χ0v) is 18.0. The third-order valence-electron chi connectivity index (χ3n) is 5.36. The highest BCUT2D eigenvalue weighted by atomic mass is 35.5. The molecule has 1 fully saturated rings. The molecule has 0 saturated carbocycles. The van der Waals surface area contributed by atoms with E-state index < -0.39 is 9.84 Å². The predicted molar refractivity (Wildman–Crippen MR) is 118 cm³/mol. The Bertz CT molecular complexity index is 1170. The lowest BCUT2D eigenvalue weighted by atomic mass is 10.1. The van der Waals surface area contributed by atoms with Crippen LogP contribution in [0.4, 0.5) is 4.39 Å². The summed E-state index contributed by atoms with van der Waals surface area (Å²) in [4.78, 5) is 4.35. The van der Waals surface area contributed by atoms with Crippen LogP contribution in [0.2, 0.25) is 5.15 Å². The lowest BCUT2D eigenvalue weighted by Crippen LogP contribution is -2.37. The van der Waals surface area contributed by atoms with Crippen LogP contribution in [-0.2, 0) is 16.4 Å². The molecule has 5 nitrogen and oxygen atoms in total. The monoisotopic (exact) mass is 447 g/mol. The summed E-state index contributed by atoms with van der Waals surface area (Å²) in [5.41, 5.74) is 1.51. The van der Waals surface area contributed by atoms with E-state index in [9.17, 15) is 12.8 Å². The Labute approximate surface area is 180 Å². The van der Waals surface area contributed by atoms with Crippen molar-refractivity contribution in [2.75, 3.05) is 12.3 Å². The zero-order valence-electron chi connectivity index (χ0n) is 16.4. The van der Waals surface area contributed by atoms with E-state index in [0.717, 1.165) is 24.0 Å². The van der Waals surface area contributed by atoms with E-state index in [1.54, 1.807) is 36.5 Å². The molecule has 4 rings (SSSR count). The molecule has 3 heterocycles. The number of rotatable bonds is 6. The standard InChI is InChI=1S/C22H23ClFN3O2S/c23-22-12-20-19(13-26-22)21(15-27(20)14-18-5-1-2-10-25-18)30(28,29)11-3-4-16-6-8-17(24)9-7-16/h3-4,6-9,12-13,15,18,25H,1-2,5,10-11,14H2. The second kappa shape index (κ2) is 8.88. The lowest BCUT2D eigenvalue weighted by molar-refractivity contribution is 0.366. The van der Waals surface area contributed by atoms with Crippen LogP contribution in [0.5, 0.6) is 0 Å². The average Bonchev–Trinajstić information content (AvgIpc) is 3.09. The minimum atomic E-state index is -3.58. The van der Waals surface area contributed by atoms with Gasteiger partial charge >= 0.3 is 0 Å². The van der Waals surface area contributed by atoms with Crippen molar-refractivity contribution in [2.24, 2.45) is 0 Å². The number of fused-ring (bicyclic) bond motifs is 1. The minimum absolute atomic E-state index is 0.159. The molecule has 1 aromatic carbocycles. The van der Waals surface area contributed by atoms with E-state index in [1.165, 1.54) is 31.2 Å². The van der Waals surface area contributed by atoms with Crippen molar-refractivity contribution in [3.05, 3.63) is 65.3 Å². The van der Waals surface area contributed by atoms with Crippen molar-refractivity contribution in [1.82, 2.24) is 14.9 Å². The molecule has 30 heavy (non-hydrogen) atoms. The van der Waals surface area contributed by atoms with Crippen molar-refractivity contribution in [2.45, 2.75) is 36.7 Å². The van der Waals surface area contributed by atoms with Crippen molar-refractivity contribution >= 4 is 38.4 Å². The highest BCUT2D eigenvalue weighted by Crippen LogP contribution is 2.28. The highest BCUT2D eigenvalue weighted by Gasteiger charge is 2.22. The predicted octanol–water partition coefficient (Wildman–Crippen LogP) is 4.46. The van der Waals surface area contributed by atoms with Gasteiger partial charge < -0.3 is 9.88 Å². The summed E-state index contributed by atoms with van der Waals surface area (Å²) in [5.74, 6) is -0.487. The Balaban J connectivity index is 1.62. The van der Waals surface area contributed by atoms with Gasteiger partial charge in [0.1, 0.15) is 11.0 Å². The van der Waals surface area contributed by atoms with Crippen LogP contribution < -0.4 is 5.32 Å². The second-order valence-electron chi connectivity index (χ2n) is 7.55. The number of benzene rings is 1. The van der Waals surface area contributed by atoms with Gasteiger partial charge in [0.2, 0.25) is 0 Å². The molecular weight excluding hydrogens is 425 g/mol. The Morgan fingerprint density at radius 1 is 1.27 bits per heavy atom. The molecular formula is C22H23ClFN3O2S. The first-order valence-electron chi connectivity index (χ1n) is 9.95. The third kappa shape index (κ3) is 4.74. The first-order chi connectivity index (χ1) is 14.4. The number of halogens is 2. The molecule has 0 radical (unpaired) electrons. The second-order valence-corrected chi connectivity index (χ2v) is 9.94. The van der Waals surface area contributed by atoms with Gasteiger partial charge in [-0.1, -0.05) is 42.3 Å². The Kier molecular flexibility index (Phi) is 6.22. The number of aromatic nitrogens is 2. The van der Waals surface area contributed by atoms with Crippen molar-refractivity contribution in [3.8, 4) is 0 Å². The largest absolute Gasteiger partial charge is 0.344 e. The normalized spacial score (nSPS) is 17.7. The number of sulfone groups is 1. The average molecular weight is 448 g/mol. The molecule has 1 saturated heterocycles. The minimum Gasteiger partial charge on any atom is -0.344 e. The van der Waals surface area contributed by atoms with Gasteiger partial charge in [0.25, 0.3) is 0 Å². The quantitative estimate of drug-likeness (QED) is 0.567. The fourth-order valence-electron chi connectivity index (χ4n) is 3.82.